The summed E-state index contributed by atoms with van der Waals surface area (Å²) < 4.78 is 0. The van der Waals surface area contributed by atoms with E-state index in [1.54, 1.807) is 0 Å². The van der Waals surface area contributed by atoms with Crippen LogP contribution in [0.15, 0.2) is 0 Å². The van der Waals surface area contributed by atoms with E-state index in [9.17, 15) is 0 Å². The van der Waals surface area contributed by atoms with E-state index in [-0.39, 0.29) is 0 Å². The van der Waals surface area contributed by atoms with E-state index in [2.05, 4.69) is 42.7 Å². The number of hydrogen-bond acceptors (Lipinski definition) is 3. The fourth-order valence-electron chi connectivity index (χ4n) is 3.17. The average Bonchev–Trinajstić information content (AvgIpc) is 2.33. The zero-order valence-electron chi connectivity index (χ0n) is 11.7. The first-order valence-electron chi connectivity index (χ1n) is 7.12. The Kier molecular flexibility index (Phi) is 4.79. The van der Waals surface area contributed by atoms with Gasteiger partial charge in [-0.3, -0.25) is 4.90 Å². The molecular weight excluding hydrogens is 228 g/mol. The van der Waals surface area contributed by atoms with Crippen molar-refractivity contribution in [2.45, 2.75) is 39.7 Å². The van der Waals surface area contributed by atoms with Crippen molar-refractivity contribution in [3.05, 3.63) is 0 Å². The van der Waals surface area contributed by atoms with Gasteiger partial charge in [0, 0.05) is 30.6 Å². The highest BCUT2D eigenvalue weighted by Crippen LogP contribution is 2.34. The third-order valence-corrected chi connectivity index (χ3v) is 5.71. The van der Waals surface area contributed by atoms with Crippen molar-refractivity contribution in [2.75, 3.05) is 37.7 Å². The number of nitrogens with zero attached hydrogens (tertiary/aromatic N) is 1. The highest BCUT2D eigenvalue weighted by atomic mass is 32.2. The number of rotatable bonds is 3. The van der Waals surface area contributed by atoms with Crippen LogP contribution >= 0.6 is 11.8 Å². The van der Waals surface area contributed by atoms with Gasteiger partial charge in [-0.1, -0.05) is 13.8 Å². The predicted octanol–water partition coefficient (Wildman–Crippen LogP) is 2.45. The molecule has 0 aromatic heterocycles. The minimum atomic E-state index is 0.462. The maximum Gasteiger partial charge on any atom is 0.0158 e. The van der Waals surface area contributed by atoms with Gasteiger partial charge < -0.3 is 5.32 Å². The molecule has 2 rings (SSSR count). The second-order valence-corrected chi connectivity index (χ2v) is 7.58. The number of thioether (sulfide) groups is 1. The molecule has 0 aromatic carbocycles. The van der Waals surface area contributed by atoms with Crippen LogP contribution in [-0.2, 0) is 0 Å². The van der Waals surface area contributed by atoms with E-state index in [4.69, 9.17) is 0 Å². The standard InChI is InChI=1S/C14H28N2S/c1-12-10-17-8-7-16(12)11-14(2,3)13-5-4-6-15-9-13/h12-13,15H,4-11H2,1-3H3. The summed E-state index contributed by atoms with van der Waals surface area (Å²) in [5, 5.41) is 3.57. The molecule has 2 aliphatic rings. The van der Waals surface area contributed by atoms with Crippen LogP contribution in [0.1, 0.15) is 33.6 Å². The summed E-state index contributed by atoms with van der Waals surface area (Å²) in [7, 11) is 0. The summed E-state index contributed by atoms with van der Waals surface area (Å²) in [5.74, 6) is 3.50. The molecule has 0 saturated carbocycles. The molecule has 2 nitrogen and oxygen atoms in total. The molecule has 0 radical (unpaired) electrons. The van der Waals surface area contributed by atoms with Gasteiger partial charge in [-0.15, -0.1) is 0 Å². The fraction of sp³-hybridized carbons (Fsp3) is 1.00. The van der Waals surface area contributed by atoms with Crippen LogP contribution in [-0.4, -0.2) is 48.6 Å². The molecule has 2 fully saturated rings. The van der Waals surface area contributed by atoms with Crippen LogP contribution in [0.25, 0.3) is 0 Å². The molecule has 2 aliphatic heterocycles. The number of piperidine rings is 1. The lowest BCUT2D eigenvalue weighted by atomic mass is 9.74. The summed E-state index contributed by atoms with van der Waals surface area (Å²) in [6.45, 7) is 12.4. The normalized spacial score (nSPS) is 32.6. The second-order valence-electron chi connectivity index (χ2n) is 6.43. The Bertz CT molecular complexity index is 236. The highest BCUT2D eigenvalue weighted by Gasteiger charge is 2.34. The van der Waals surface area contributed by atoms with Crippen LogP contribution in [0.5, 0.6) is 0 Å². The van der Waals surface area contributed by atoms with Crippen molar-refractivity contribution in [3.63, 3.8) is 0 Å². The summed E-state index contributed by atoms with van der Waals surface area (Å²) in [6.07, 6.45) is 2.77. The SMILES string of the molecule is CC1CSCCN1CC(C)(C)C1CCCNC1. The Hall–Kier alpha value is 0.270. The largest absolute Gasteiger partial charge is 0.316 e. The molecular formula is C14H28N2S. The van der Waals surface area contributed by atoms with Crippen molar-refractivity contribution in [1.82, 2.24) is 10.2 Å². The average molecular weight is 256 g/mol. The quantitative estimate of drug-likeness (QED) is 0.835. The summed E-state index contributed by atoms with van der Waals surface area (Å²) in [4.78, 5) is 2.71. The maximum absolute atomic E-state index is 3.57. The van der Waals surface area contributed by atoms with Crippen LogP contribution < -0.4 is 5.32 Å². The van der Waals surface area contributed by atoms with Gasteiger partial charge in [0.05, 0.1) is 0 Å². The molecule has 0 spiro atoms. The van der Waals surface area contributed by atoms with E-state index < -0.39 is 0 Å². The number of nitrogens with one attached hydrogen (secondary N) is 1. The lowest BCUT2D eigenvalue weighted by molar-refractivity contribution is 0.0860. The Morgan fingerprint density at radius 2 is 2.24 bits per heavy atom. The van der Waals surface area contributed by atoms with Crippen LogP contribution in [0, 0.1) is 11.3 Å². The van der Waals surface area contributed by atoms with Crippen molar-refractivity contribution in [3.8, 4) is 0 Å². The van der Waals surface area contributed by atoms with E-state index in [1.807, 2.05) is 0 Å². The zero-order valence-corrected chi connectivity index (χ0v) is 12.5. The second kappa shape index (κ2) is 5.94. The predicted molar refractivity (Wildman–Crippen MR) is 77.7 cm³/mol. The van der Waals surface area contributed by atoms with E-state index >= 15 is 0 Å². The van der Waals surface area contributed by atoms with Crippen molar-refractivity contribution in [1.29, 1.82) is 0 Å². The van der Waals surface area contributed by atoms with E-state index in [1.165, 1.54) is 50.5 Å². The third kappa shape index (κ3) is 3.62. The lowest BCUT2D eigenvalue weighted by Crippen LogP contribution is -2.49. The van der Waals surface area contributed by atoms with Gasteiger partial charge in [-0.25, -0.2) is 0 Å². The van der Waals surface area contributed by atoms with Crippen molar-refractivity contribution >= 4 is 11.8 Å². The molecule has 0 aromatic rings. The first kappa shape index (κ1) is 13.7. The van der Waals surface area contributed by atoms with Gasteiger partial charge in [0.1, 0.15) is 0 Å². The van der Waals surface area contributed by atoms with Gasteiger partial charge in [0.15, 0.2) is 0 Å². The lowest BCUT2D eigenvalue weighted by Gasteiger charge is -2.44. The molecule has 3 heteroatoms. The Labute approximate surface area is 111 Å². The molecule has 2 saturated heterocycles. The van der Waals surface area contributed by atoms with Gasteiger partial charge in [0.2, 0.25) is 0 Å². The summed E-state index contributed by atoms with van der Waals surface area (Å²) in [6, 6.07) is 0.768. The smallest absolute Gasteiger partial charge is 0.0158 e. The topological polar surface area (TPSA) is 15.3 Å². The zero-order chi connectivity index (χ0) is 12.3. The molecule has 17 heavy (non-hydrogen) atoms. The molecule has 0 bridgehead atoms. The first-order valence-corrected chi connectivity index (χ1v) is 8.27. The van der Waals surface area contributed by atoms with Gasteiger partial charge in [-0.05, 0) is 44.2 Å². The van der Waals surface area contributed by atoms with E-state index in [0.717, 1.165) is 12.0 Å². The molecule has 0 amide bonds. The van der Waals surface area contributed by atoms with Crippen LogP contribution in [0.3, 0.4) is 0 Å². The molecule has 2 unspecified atom stereocenters. The van der Waals surface area contributed by atoms with Crippen molar-refractivity contribution in [2.24, 2.45) is 11.3 Å². The van der Waals surface area contributed by atoms with Gasteiger partial charge >= 0.3 is 0 Å². The van der Waals surface area contributed by atoms with Crippen LogP contribution in [0.4, 0.5) is 0 Å². The van der Waals surface area contributed by atoms with Gasteiger partial charge in [0.25, 0.3) is 0 Å². The Morgan fingerprint density at radius 1 is 1.41 bits per heavy atom. The van der Waals surface area contributed by atoms with Crippen LogP contribution in [0.2, 0.25) is 0 Å². The first-order chi connectivity index (χ1) is 8.09. The minimum absolute atomic E-state index is 0.462. The van der Waals surface area contributed by atoms with Gasteiger partial charge in [-0.2, -0.15) is 11.8 Å². The fourth-order valence-corrected chi connectivity index (χ4v) is 4.25. The molecule has 0 aliphatic carbocycles. The molecule has 1 N–H and O–H groups in total. The molecule has 2 heterocycles. The van der Waals surface area contributed by atoms with Crippen molar-refractivity contribution < 1.29 is 0 Å². The minimum Gasteiger partial charge on any atom is -0.316 e. The highest BCUT2D eigenvalue weighted by molar-refractivity contribution is 7.99. The Balaban J connectivity index is 1.90. The molecule has 2 atom stereocenters. The summed E-state index contributed by atoms with van der Waals surface area (Å²) in [5.41, 5.74) is 0.462. The van der Waals surface area contributed by atoms with E-state index in [0.29, 0.717) is 5.41 Å². The third-order valence-electron chi connectivity index (χ3n) is 4.52. The maximum atomic E-state index is 3.57. The summed E-state index contributed by atoms with van der Waals surface area (Å²) >= 11 is 2.11. The molecule has 100 valence electrons. The Morgan fingerprint density at radius 3 is 2.88 bits per heavy atom. The monoisotopic (exact) mass is 256 g/mol. The number of hydrogen-bond donors (Lipinski definition) is 1.